The molecule has 1 heterocycles. The van der Waals surface area contributed by atoms with Gasteiger partial charge in [0.2, 0.25) is 5.91 Å². The maximum Gasteiger partial charge on any atom is 0.266 e. The van der Waals surface area contributed by atoms with Crippen LogP contribution in [0.4, 0.5) is 11.4 Å². The normalized spacial score (nSPS) is 10.8. The number of nitriles is 1. The zero-order valence-corrected chi connectivity index (χ0v) is 18.7. The summed E-state index contributed by atoms with van der Waals surface area (Å²) in [4.78, 5) is 28.0. The van der Waals surface area contributed by atoms with E-state index in [0.29, 0.717) is 18.0 Å². The first kappa shape index (κ1) is 23.2. The van der Waals surface area contributed by atoms with Gasteiger partial charge in [0.15, 0.2) is 0 Å². The van der Waals surface area contributed by atoms with Gasteiger partial charge in [-0.3, -0.25) is 14.6 Å². The number of nitrogens with one attached hydrogen (secondary N) is 2. The fourth-order valence-corrected chi connectivity index (χ4v) is 3.28. The summed E-state index contributed by atoms with van der Waals surface area (Å²) in [7, 11) is 0. The van der Waals surface area contributed by atoms with Gasteiger partial charge < -0.3 is 15.4 Å². The standard InChI is InChI=1S/C26H24N4O3/c1-17-12-20(13-18(2)25(17)33-16-24-6-4-5-11-28-24)14-21(15-27)26(32)30-23-9-7-22(8-10-23)29-19(3)31/h4-14H,16H2,1-3H3,(H,29,31)(H,30,32)/b21-14+. The molecule has 0 atom stereocenters. The lowest BCUT2D eigenvalue weighted by Crippen LogP contribution is -2.13. The minimum Gasteiger partial charge on any atom is -0.487 e. The van der Waals surface area contributed by atoms with E-state index in [-0.39, 0.29) is 11.5 Å². The van der Waals surface area contributed by atoms with Crippen LogP contribution in [0.5, 0.6) is 5.75 Å². The molecule has 0 aliphatic rings. The third-order valence-electron chi connectivity index (χ3n) is 4.71. The highest BCUT2D eigenvalue weighted by atomic mass is 16.5. The Morgan fingerprint density at radius 2 is 1.67 bits per heavy atom. The molecular weight excluding hydrogens is 416 g/mol. The van der Waals surface area contributed by atoms with E-state index in [2.05, 4.69) is 15.6 Å². The van der Waals surface area contributed by atoms with Crippen LogP contribution in [0.3, 0.4) is 0 Å². The smallest absolute Gasteiger partial charge is 0.266 e. The Balaban J connectivity index is 1.72. The third kappa shape index (κ3) is 6.52. The maximum atomic E-state index is 12.6. The second kappa shape index (κ2) is 10.7. The zero-order valence-electron chi connectivity index (χ0n) is 18.7. The number of rotatable bonds is 7. The zero-order chi connectivity index (χ0) is 23.8. The van der Waals surface area contributed by atoms with Crippen molar-refractivity contribution < 1.29 is 14.3 Å². The number of hydrogen-bond acceptors (Lipinski definition) is 5. The molecule has 0 aliphatic carbocycles. The molecule has 2 amide bonds. The van der Waals surface area contributed by atoms with Crippen molar-refractivity contribution in [2.75, 3.05) is 10.6 Å². The molecule has 0 aliphatic heterocycles. The monoisotopic (exact) mass is 440 g/mol. The van der Waals surface area contributed by atoms with Gasteiger partial charge in [-0.2, -0.15) is 5.26 Å². The number of hydrogen-bond donors (Lipinski definition) is 2. The van der Waals surface area contributed by atoms with Gasteiger partial charge >= 0.3 is 0 Å². The SMILES string of the molecule is CC(=O)Nc1ccc(NC(=O)/C(C#N)=C/c2cc(C)c(OCc3ccccn3)c(C)c2)cc1. The van der Waals surface area contributed by atoms with Gasteiger partial charge in [0, 0.05) is 24.5 Å². The van der Waals surface area contributed by atoms with Crippen molar-refractivity contribution in [3.8, 4) is 11.8 Å². The molecule has 0 radical (unpaired) electrons. The van der Waals surface area contributed by atoms with Gasteiger partial charge in [0.05, 0.1) is 5.69 Å². The summed E-state index contributed by atoms with van der Waals surface area (Å²) in [5.41, 5.74) is 4.44. The van der Waals surface area contributed by atoms with E-state index in [1.165, 1.54) is 6.92 Å². The fraction of sp³-hybridized carbons (Fsp3) is 0.154. The van der Waals surface area contributed by atoms with Crippen LogP contribution >= 0.6 is 0 Å². The number of anilines is 2. The molecule has 0 saturated heterocycles. The number of carbonyl (C=O) groups excluding carboxylic acids is 2. The van der Waals surface area contributed by atoms with Crippen LogP contribution in [0.2, 0.25) is 0 Å². The molecule has 7 nitrogen and oxygen atoms in total. The second-order valence-electron chi connectivity index (χ2n) is 7.48. The Bertz CT molecular complexity index is 1200. The quantitative estimate of drug-likeness (QED) is 0.406. The first-order valence-electron chi connectivity index (χ1n) is 10.3. The molecule has 0 fully saturated rings. The Kier molecular flexibility index (Phi) is 7.55. The van der Waals surface area contributed by atoms with E-state index in [9.17, 15) is 14.9 Å². The number of ether oxygens (including phenoxy) is 1. The first-order valence-corrected chi connectivity index (χ1v) is 10.3. The summed E-state index contributed by atoms with van der Waals surface area (Å²) < 4.78 is 5.95. The summed E-state index contributed by atoms with van der Waals surface area (Å²) in [6.07, 6.45) is 3.27. The van der Waals surface area contributed by atoms with E-state index >= 15 is 0 Å². The summed E-state index contributed by atoms with van der Waals surface area (Å²) in [6, 6.07) is 18.0. The predicted octanol–water partition coefficient (Wildman–Crippen LogP) is 4.78. The highest BCUT2D eigenvalue weighted by Crippen LogP contribution is 2.27. The molecule has 3 rings (SSSR count). The molecule has 2 N–H and O–H groups in total. The summed E-state index contributed by atoms with van der Waals surface area (Å²) in [6.45, 7) is 5.61. The van der Waals surface area contributed by atoms with Gasteiger partial charge in [-0.05, 0) is 85.1 Å². The molecule has 0 unspecified atom stereocenters. The van der Waals surface area contributed by atoms with E-state index in [0.717, 1.165) is 28.1 Å². The van der Waals surface area contributed by atoms with Crippen LogP contribution in [-0.2, 0) is 16.2 Å². The first-order chi connectivity index (χ1) is 15.9. The molecular formula is C26H24N4O3. The number of aromatic nitrogens is 1. The van der Waals surface area contributed by atoms with Gasteiger partial charge in [-0.15, -0.1) is 0 Å². The number of amides is 2. The largest absolute Gasteiger partial charge is 0.487 e. The molecule has 1 aromatic heterocycles. The molecule has 0 saturated carbocycles. The van der Waals surface area contributed by atoms with Crippen molar-refractivity contribution in [2.24, 2.45) is 0 Å². The number of aryl methyl sites for hydroxylation is 2. The van der Waals surface area contributed by atoms with E-state index in [4.69, 9.17) is 4.74 Å². The summed E-state index contributed by atoms with van der Waals surface area (Å²) >= 11 is 0. The number of carbonyl (C=O) groups is 2. The van der Waals surface area contributed by atoms with Gasteiger partial charge in [-0.25, -0.2) is 0 Å². The highest BCUT2D eigenvalue weighted by molar-refractivity contribution is 6.09. The Hall–Kier alpha value is -4.44. The van der Waals surface area contributed by atoms with Crippen LogP contribution in [0.15, 0.2) is 66.4 Å². The maximum absolute atomic E-state index is 12.6. The van der Waals surface area contributed by atoms with Crippen molar-refractivity contribution in [3.05, 3.63) is 88.8 Å². The molecule has 33 heavy (non-hydrogen) atoms. The van der Waals surface area contributed by atoms with Crippen molar-refractivity contribution in [1.29, 1.82) is 5.26 Å². The van der Waals surface area contributed by atoms with Crippen LogP contribution in [0.25, 0.3) is 6.08 Å². The van der Waals surface area contributed by atoms with Crippen LogP contribution in [-0.4, -0.2) is 16.8 Å². The molecule has 7 heteroatoms. The second-order valence-corrected chi connectivity index (χ2v) is 7.48. The van der Waals surface area contributed by atoms with Gasteiger partial charge in [-0.1, -0.05) is 6.07 Å². The fourth-order valence-electron chi connectivity index (χ4n) is 3.28. The molecule has 166 valence electrons. The topological polar surface area (TPSA) is 104 Å². The Morgan fingerprint density at radius 3 is 2.21 bits per heavy atom. The van der Waals surface area contributed by atoms with Crippen molar-refractivity contribution in [1.82, 2.24) is 4.98 Å². The summed E-state index contributed by atoms with van der Waals surface area (Å²) in [5.74, 6) is 0.0517. The molecule has 0 spiro atoms. The molecule has 2 aromatic carbocycles. The summed E-state index contributed by atoms with van der Waals surface area (Å²) in [5, 5.41) is 14.9. The lowest BCUT2D eigenvalue weighted by atomic mass is 10.0. The van der Waals surface area contributed by atoms with Crippen LogP contribution in [0.1, 0.15) is 29.3 Å². The van der Waals surface area contributed by atoms with Gasteiger partial charge in [0.25, 0.3) is 5.91 Å². The highest BCUT2D eigenvalue weighted by Gasteiger charge is 2.12. The van der Waals surface area contributed by atoms with Crippen molar-refractivity contribution in [3.63, 3.8) is 0 Å². The van der Waals surface area contributed by atoms with E-state index < -0.39 is 5.91 Å². The predicted molar refractivity (Wildman–Crippen MR) is 127 cm³/mol. The number of pyridine rings is 1. The minimum absolute atomic E-state index is 0.0260. The van der Waals surface area contributed by atoms with Crippen molar-refractivity contribution >= 4 is 29.3 Å². The molecule has 3 aromatic rings. The average Bonchev–Trinajstić information content (AvgIpc) is 2.78. The average molecular weight is 441 g/mol. The van der Waals surface area contributed by atoms with E-state index in [1.807, 2.05) is 50.2 Å². The minimum atomic E-state index is -0.518. The Labute approximate surface area is 192 Å². The van der Waals surface area contributed by atoms with Crippen molar-refractivity contribution in [2.45, 2.75) is 27.4 Å². The van der Waals surface area contributed by atoms with Gasteiger partial charge in [0.1, 0.15) is 24.0 Å². The van der Waals surface area contributed by atoms with Crippen LogP contribution < -0.4 is 15.4 Å². The number of benzene rings is 2. The van der Waals surface area contributed by atoms with Crippen LogP contribution in [0, 0.1) is 25.2 Å². The van der Waals surface area contributed by atoms with E-state index in [1.54, 1.807) is 36.5 Å². The Morgan fingerprint density at radius 1 is 1.03 bits per heavy atom. The molecule has 0 bridgehead atoms. The number of nitrogens with zero attached hydrogens (tertiary/aromatic N) is 2. The lowest BCUT2D eigenvalue weighted by molar-refractivity contribution is -0.114. The lowest BCUT2D eigenvalue weighted by Gasteiger charge is -2.13. The third-order valence-corrected chi connectivity index (χ3v) is 4.71.